The largest absolute Gasteiger partial charge is 0.347 e. The van der Waals surface area contributed by atoms with Gasteiger partial charge in [0.1, 0.15) is 0 Å². The Morgan fingerprint density at radius 1 is 1.19 bits per heavy atom. The lowest BCUT2D eigenvalue weighted by atomic mass is 10.0. The van der Waals surface area contributed by atoms with Crippen LogP contribution in [0.2, 0.25) is 0 Å². The van der Waals surface area contributed by atoms with Gasteiger partial charge in [-0.05, 0) is 50.8 Å². The third kappa shape index (κ3) is 4.27. The second-order valence-electron chi connectivity index (χ2n) is 7.54. The number of likely N-dealkylation sites (tertiary alicyclic amines) is 1. The third-order valence-corrected chi connectivity index (χ3v) is 5.22. The zero-order valence-electron chi connectivity index (χ0n) is 16.7. The molecule has 2 N–H and O–H groups in total. The molecule has 0 saturated carbocycles. The zero-order valence-corrected chi connectivity index (χ0v) is 16.7. The molecular formula is C21H29N5O. The number of nitrogens with zero attached hydrogens (tertiary/aromatic N) is 4. The van der Waals surface area contributed by atoms with Crippen LogP contribution in [-0.4, -0.2) is 54.0 Å². The lowest BCUT2D eigenvalue weighted by molar-refractivity contribution is 0.0761. The van der Waals surface area contributed by atoms with Crippen molar-refractivity contribution in [3.8, 4) is 11.3 Å². The van der Waals surface area contributed by atoms with Crippen LogP contribution in [0.25, 0.3) is 11.3 Å². The fourth-order valence-corrected chi connectivity index (χ4v) is 3.40. The Morgan fingerprint density at radius 3 is 2.70 bits per heavy atom. The molecule has 1 aliphatic heterocycles. The van der Waals surface area contributed by atoms with Crippen LogP contribution in [0.3, 0.4) is 0 Å². The van der Waals surface area contributed by atoms with Crippen LogP contribution in [0.4, 0.5) is 5.95 Å². The number of rotatable bonds is 3. The Balaban J connectivity index is 1.93. The summed E-state index contributed by atoms with van der Waals surface area (Å²) in [7, 11) is 3.86. The van der Waals surface area contributed by atoms with Crippen molar-refractivity contribution in [2.24, 2.45) is 5.73 Å². The second-order valence-corrected chi connectivity index (χ2v) is 7.54. The Hall–Kier alpha value is -2.47. The van der Waals surface area contributed by atoms with E-state index in [0.29, 0.717) is 11.5 Å². The molecule has 6 heteroatoms. The molecule has 3 rings (SSSR count). The molecule has 0 radical (unpaired) electrons. The summed E-state index contributed by atoms with van der Waals surface area (Å²) < 4.78 is 0. The number of carbonyl (C=O) groups excluding carboxylic acids is 1. The van der Waals surface area contributed by atoms with Crippen LogP contribution in [0, 0.1) is 13.8 Å². The fourth-order valence-electron chi connectivity index (χ4n) is 3.40. The Morgan fingerprint density at radius 2 is 1.96 bits per heavy atom. The molecule has 2 aromatic rings. The van der Waals surface area contributed by atoms with Crippen molar-refractivity contribution in [1.82, 2.24) is 14.9 Å². The maximum absolute atomic E-state index is 13.0. The summed E-state index contributed by atoms with van der Waals surface area (Å²) in [5.74, 6) is 0.744. The molecular weight excluding hydrogens is 338 g/mol. The molecule has 1 atom stereocenters. The normalized spacial score (nSPS) is 17.5. The van der Waals surface area contributed by atoms with Crippen LogP contribution in [0.1, 0.15) is 40.9 Å². The Kier molecular flexibility index (Phi) is 5.75. The SMILES string of the molecule is Cc1nc(N(C)C)nc(-c2cccc(C(=O)N3CCC[C@@H](N)CC3)c2)c1C. The summed E-state index contributed by atoms with van der Waals surface area (Å²) in [6.07, 6.45) is 2.81. The number of amides is 1. The molecule has 1 saturated heterocycles. The van der Waals surface area contributed by atoms with Gasteiger partial charge in [0.2, 0.25) is 5.95 Å². The van der Waals surface area contributed by atoms with E-state index in [0.717, 1.165) is 54.9 Å². The fraction of sp³-hybridized carbons (Fsp3) is 0.476. The van der Waals surface area contributed by atoms with Crippen LogP contribution >= 0.6 is 0 Å². The Bertz CT molecular complexity index is 833. The van der Waals surface area contributed by atoms with Gasteiger partial charge < -0.3 is 15.5 Å². The van der Waals surface area contributed by atoms with Crippen molar-refractivity contribution in [2.45, 2.75) is 39.2 Å². The van der Waals surface area contributed by atoms with Crippen LogP contribution in [-0.2, 0) is 0 Å². The molecule has 144 valence electrons. The Labute approximate surface area is 161 Å². The quantitative estimate of drug-likeness (QED) is 0.903. The van der Waals surface area contributed by atoms with E-state index < -0.39 is 0 Å². The first-order valence-corrected chi connectivity index (χ1v) is 9.54. The lowest BCUT2D eigenvalue weighted by Gasteiger charge is -2.21. The number of nitrogens with two attached hydrogens (primary N) is 1. The average Bonchev–Trinajstić information content (AvgIpc) is 2.87. The van der Waals surface area contributed by atoms with E-state index in [9.17, 15) is 4.79 Å². The summed E-state index contributed by atoms with van der Waals surface area (Å²) in [5.41, 5.74) is 10.5. The summed E-state index contributed by atoms with van der Waals surface area (Å²) in [4.78, 5) is 26.1. The van der Waals surface area contributed by atoms with Crippen molar-refractivity contribution in [3.05, 3.63) is 41.1 Å². The molecule has 1 aromatic heterocycles. The first-order chi connectivity index (χ1) is 12.9. The lowest BCUT2D eigenvalue weighted by Crippen LogP contribution is -2.32. The predicted octanol–water partition coefficient (Wildman–Crippen LogP) is 2.78. The molecule has 1 aliphatic rings. The van der Waals surface area contributed by atoms with E-state index in [1.54, 1.807) is 0 Å². The van der Waals surface area contributed by atoms with Crippen molar-refractivity contribution in [3.63, 3.8) is 0 Å². The number of benzene rings is 1. The van der Waals surface area contributed by atoms with Gasteiger partial charge in [-0.25, -0.2) is 9.97 Å². The van der Waals surface area contributed by atoms with Gasteiger partial charge in [-0.1, -0.05) is 12.1 Å². The van der Waals surface area contributed by atoms with Crippen molar-refractivity contribution in [1.29, 1.82) is 0 Å². The highest BCUT2D eigenvalue weighted by Crippen LogP contribution is 2.26. The van der Waals surface area contributed by atoms with Crippen molar-refractivity contribution in [2.75, 3.05) is 32.1 Å². The van der Waals surface area contributed by atoms with Gasteiger partial charge in [-0.2, -0.15) is 0 Å². The minimum absolute atomic E-state index is 0.0715. The maximum Gasteiger partial charge on any atom is 0.253 e. The van der Waals surface area contributed by atoms with Gasteiger partial charge >= 0.3 is 0 Å². The van der Waals surface area contributed by atoms with Gasteiger partial charge in [0.15, 0.2) is 0 Å². The van der Waals surface area contributed by atoms with Crippen molar-refractivity contribution < 1.29 is 4.79 Å². The van der Waals surface area contributed by atoms with Crippen molar-refractivity contribution >= 4 is 11.9 Å². The van der Waals surface area contributed by atoms with Crippen LogP contribution in [0.15, 0.2) is 24.3 Å². The van der Waals surface area contributed by atoms with Gasteiger partial charge in [0.25, 0.3) is 5.91 Å². The number of carbonyl (C=O) groups is 1. The molecule has 0 spiro atoms. The standard InChI is InChI=1S/C21H29N5O/c1-14-15(2)23-21(25(3)4)24-19(14)16-7-5-8-17(13-16)20(27)26-11-6-9-18(22)10-12-26/h5,7-8,13,18H,6,9-12,22H2,1-4H3/t18-/m1/s1. The number of anilines is 1. The third-order valence-electron chi connectivity index (χ3n) is 5.22. The minimum Gasteiger partial charge on any atom is -0.347 e. The first-order valence-electron chi connectivity index (χ1n) is 9.54. The maximum atomic E-state index is 13.0. The van der Waals surface area contributed by atoms with Gasteiger partial charge in [0.05, 0.1) is 5.69 Å². The number of aromatic nitrogens is 2. The summed E-state index contributed by atoms with van der Waals surface area (Å²) in [6, 6.07) is 7.96. The molecule has 1 amide bonds. The molecule has 1 fully saturated rings. The summed E-state index contributed by atoms with van der Waals surface area (Å²) >= 11 is 0. The molecule has 0 aliphatic carbocycles. The van der Waals surface area contributed by atoms with E-state index in [-0.39, 0.29) is 11.9 Å². The second kappa shape index (κ2) is 8.05. The highest BCUT2D eigenvalue weighted by atomic mass is 16.2. The van der Waals surface area contributed by atoms with Crippen LogP contribution in [0.5, 0.6) is 0 Å². The molecule has 6 nitrogen and oxygen atoms in total. The number of hydrogen-bond donors (Lipinski definition) is 1. The van der Waals surface area contributed by atoms with Gasteiger partial charge in [-0.15, -0.1) is 0 Å². The van der Waals surface area contributed by atoms with E-state index in [1.807, 2.05) is 62.0 Å². The minimum atomic E-state index is 0.0715. The summed E-state index contributed by atoms with van der Waals surface area (Å²) in [5, 5.41) is 0. The molecule has 2 heterocycles. The predicted molar refractivity (Wildman–Crippen MR) is 109 cm³/mol. The molecule has 27 heavy (non-hydrogen) atoms. The van der Waals surface area contributed by atoms with Crippen LogP contribution < -0.4 is 10.6 Å². The van der Waals surface area contributed by atoms with Gasteiger partial charge in [0, 0.05) is 50.0 Å². The van der Waals surface area contributed by atoms with Gasteiger partial charge in [-0.3, -0.25) is 4.79 Å². The topological polar surface area (TPSA) is 75.4 Å². The number of hydrogen-bond acceptors (Lipinski definition) is 5. The smallest absolute Gasteiger partial charge is 0.253 e. The zero-order chi connectivity index (χ0) is 19.6. The van der Waals surface area contributed by atoms with E-state index in [2.05, 4.69) is 4.98 Å². The average molecular weight is 367 g/mol. The van der Waals surface area contributed by atoms with E-state index >= 15 is 0 Å². The first kappa shape index (κ1) is 19.3. The highest BCUT2D eigenvalue weighted by Gasteiger charge is 2.21. The molecule has 0 bridgehead atoms. The van der Waals surface area contributed by atoms with E-state index in [1.165, 1.54) is 0 Å². The molecule has 0 unspecified atom stereocenters. The monoisotopic (exact) mass is 367 g/mol. The highest BCUT2D eigenvalue weighted by molar-refractivity contribution is 5.95. The molecule has 1 aromatic carbocycles. The number of aryl methyl sites for hydroxylation is 1. The summed E-state index contributed by atoms with van der Waals surface area (Å²) in [6.45, 7) is 5.51. The van der Waals surface area contributed by atoms with E-state index in [4.69, 9.17) is 10.7 Å².